The number of likely N-dealkylation sites (N-methyl/N-ethyl adjacent to an activating group) is 1. The van der Waals surface area contributed by atoms with Crippen molar-refractivity contribution in [3.8, 4) is 0 Å². The molecule has 0 saturated heterocycles. The van der Waals surface area contributed by atoms with Crippen LogP contribution in [0.15, 0.2) is 42.6 Å². The van der Waals surface area contributed by atoms with Crippen LogP contribution in [0, 0.1) is 0 Å². The zero-order valence-electron chi connectivity index (χ0n) is 15.0. The molecule has 3 N–H and O–H groups in total. The molecule has 1 aromatic carbocycles. The molecule has 0 aliphatic heterocycles. The minimum absolute atomic E-state index is 0.0366. The summed E-state index contributed by atoms with van der Waals surface area (Å²) in [6.45, 7) is 2.00. The van der Waals surface area contributed by atoms with E-state index in [-0.39, 0.29) is 18.0 Å². The van der Waals surface area contributed by atoms with E-state index in [1.165, 1.54) is 5.69 Å². The molecule has 0 aliphatic carbocycles. The summed E-state index contributed by atoms with van der Waals surface area (Å²) in [4.78, 5) is 23.4. The van der Waals surface area contributed by atoms with Gasteiger partial charge in [-0.2, -0.15) is 0 Å². The van der Waals surface area contributed by atoms with Crippen LogP contribution < -0.4 is 16.0 Å². The molecule has 6 nitrogen and oxygen atoms in total. The van der Waals surface area contributed by atoms with Gasteiger partial charge >= 0.3 is 6.03 Å². The molecule has 2 rings (SSSR count). The lowest BCUT2D eigenvalue weighted by Crippen LogP contribution is -2.36. The second-order valence-corrected chi connectivity index (χ2v) is 6.20. The Bertz CT molecular complexity index is 706. The Morgan fingerprint density at radius 3 is 2.48 bits per heavy atom. The molecular formula is C19H26N4O2. The average Bonchev–Trinajstić information content (AvgIpc) is 2.99. The number of hydrogen-bond acceptors (Lipinski definition) is 2. The molecule has 1 aromatic heterocycles. The summed E-state index contributed by atoms with van der Waals surface area (Å²) in [6, 6.07) is 11.2. The van der Waals surface area contributed by atoms with Gasteiger partial charge in [-0.05, 0) is 49.6 Å². The molecule has 6 heteroatoms. The molecule has 3 amide bonds. The predicted molar refractivity (Wildman–Crippen MR) is 99.6 cm³/mol. The molecule has 1 atom stereocenters. The number of rotatable bonds is 7. The molecule has 0 fully saturated rings. The highest BCUT2D eigenvalue weighted by atomic mass is 16.2. The molecular weight excluding hydrogens is 316 g/mol. The summed E-state index contributed by atoms with van der Waals surface area (Å²) in [6.07, 6.45) is 4.14. The fourth-order valence-corrected chi connectivity index (χ4v) is 2.56. The van der Waals surface area contributed by atoms with Gasteiger partial charge in [-0.3, -0.25) is 4.79 Å². The summed E-state index contributed by atoms with van der Waals surface area (Å²) < 4.78 is 2.09. The number of carbonyl (C=O) groups excluding carboxylic acids is 2. The molecule has 0 spiro atoms. The van der Waals surface area contributed by atoms with Gasteiger partial charge in [0.05, 0.1) is 6.42 Å². The molecule has 1 heterocycles. The second kappa shape index (κ2) is 8.92. The van der Waals surface area contributed by atoms with Crippen molar-refractivity contribution in [1.29, 1.82) is 0 Å². The van der Waals surface area contributed by atoms with Gasteiger partial charge in [-0.15, -0.1) is 0 Å². The van der Waals surface area contributed by atoms with E-state index in [0.717, 1.165) is 18.4 Å². The number of amides is 3. The first-order valence-electron chi connectivity index (χ1n) is 8.45. The number of benzene rings is 1. The SMILES string of the molecule is CNC(=O)Cc1ccc(NC(=O)NC(C)CCc2cccn2C)cc1. The van der Waals surface area contributed by atoms with Crippen LogP contribution in [0.4, 0.5) is 10.5 Å². The van der Waals surface area contributed by atoms with Gasteiger partial charge in [-0.1, -0.05) is 12.1 Å². The van der Waals surface area contributed by atoms with Gasteiger partial charge in [0.1, 0.15) is 0 Å². The number of aromatic nitrogens is 1. The average molecular weight is 342 g/mol. The standard InChI is InChI=1S/C19H26N4O2/c1-14(6-11-17-5-4-12-23(17)3)21-19(25)22-16-9-7-15(8-10-16)13-18(24)20-2/h4-5,7-10,12,14H,6,11,13H2,1-3H3,(H,20,24)(H2,21,22,25). The van der Waals surface area contributed by atoms with Crippen molar-refractivity contribution in [2.75, 3.05) is 12.4 Å². The van der Waals surface area contributed by atoms with Crippen molar-refractivity contribution in [2.24, 2.45) is 7.05 Å². The Morgan fingerprint density at radius 2 is 1.88 bits per heavy atom. The highest BCUT2D eigenvalue weighted by molar-refractivity contribution is 5.89. The first-order chi connectivity index (χ1) is 12.0. The molecule has 0 bridgehead atoms. The highest BCUT2D eigenvalue weighted by Gasteiger charge is 2.09. The van der Waals surface area contributed by atoms with E-state index in [2.05, 4.69) is 26.6 Å². The van der Waals surface area contributed by atoms with Gasteiger partial charge in [0.25, 0.3) is 0 Å². The van der Waals surface area contributed by atoms with Crippen LogP contribution in [0.1, 0.15) is 24.6 Å². The lowest BCUT2D eigenvalue weighted by atomic mass is 10.1. The molecule has 25 heavy (non-hydrogen) atoms. The van der Waals surface area contributed by atoms with Crippen molar-refractivity contribution in [3.05, 3.63) is 53.9 Å². The topological polar surface area (TPSA) is 75.2 Å². The van der Waals surface area contributed by atoms with E-state index in [1.54, 1.807) is 19.2 Å². The summed E-state index contributed by atoms with van der Waals surface area (Å²) >= 11 is 0. The van der Waals surface area contributed by atoms with Crippen molar-refractivity contribution in [1.82, 2.24) is 15.2 Å². The predicted octanol–water partition coefficient (Wildman–Crippen LogP) is 2.46. The molecule has 0 saturated carbocycles. The zero-order valence-corrected chi connectivity index (χ0v) is 15.0. The normalized spacial score (nSPS) is 11.6. The first-order valence-corrected chi connectivity index (χ1v) is 8.45. The summed E-state index contributed by atoms with van der Waals surface area (Å²) in [5.74, 6) is -0.0366. The van der Waals surface area contributed by atoms with Crippen LogP contribution in [0.5, 0.6) is 0 Å². The lowest BCUT2D eigenvalue weighted by molar-refractivity contribution is -0.119. The van der Waals surface area contributed by atoms with Crippen molar-refractivity contribution >= 4 is 17.6 Å². The van der Waals surface area contributed by atoms with Crippen LogP contribution in [0.3, 0.4) is 0 Å². The first kappa shape index (κ1) is 18.6. The minimum Gasteiger partial charge on any atom is -0.359 e. The van der Waals surface area contributed by atoms with Gasteiger partial charge in [0.2, 0.25) is 5.91 Å². The van der Waals surface area contributed by atoms with E-state index in [9.17, 15) is 9.59 Å². The zero-order chi connectivity index (χ0) is 18.2. The third-order valence-electron chi connectivity index (χ3n) is 4.12. The van der Waals surface area contributed by atoms with E-state index in [0.29, 0.717) is 12.1 Å². The summed E-state index contributed by atoms with van der Waals surface area (Å²) in [5, 5.41) is 8.35. The fourth-order valence-electron chi connectivity index (χ4n) is 2.56. The largest absolute Gasteiger partial charge is 0.359 e. The van der Waals surface area contributed by atoms with E-state index in [4.69, 9.17) is 0 Å². The number of nitrogens with zero attached hydrogens (tertiary/aromatic N) is 1. The Hall–Kier alpha value is -2.76. The summed E-state index contributed by atoms with van der Waals surface area (Å²) in [5.41, 5.74) is 2.86. The Labute approximate surface area is 148 Å². The Balaban J connectivity index is 1.77. The van der Waals surface area contributed by atoms with Crippen LogP contribution in [-0.4, -0.2) is 29.6 Å². The third kappa shape index (κ3) is 5.99. The van der Waals surface area contributed by atoms with Crippen molar-refractivity contribution in [3.63, 3.8) is 0 Å². The molecule has 2 aromatic rings. The van der Waals surface area contributed by atoms with Gasteiger partial charge in [0, 0.05) is 37.7 Å². The highest BCUT2D eigenvalue weighted by Crippen LogP contribution is 2.10. The maximum atomic E-state index is 12.1. The molecule has 134 valence electrons. The minimum atomic E-state index is -0.224. The van der Waals surface area contributed by atoms with Crippen molar-refractivity contribution in [2.45, 2.75) is 32.2 Å². The van der Waals surface area contributed by atoms with E-state index < -0.39 is 0 Å². The maximum absolute atomic E-state index is 12.1. The monoisotopic (exact) mass is 342 g/mol. The Morgan fingerprint density at radius 1 is 1.16 bits per heavy atom. The number of urea groups is 1. The molecule has 1 unspecified atom stereocenters. The molecule has 0 aliphatic rings. The van der Waals surface area contributed by atoms with Crippen LogP contribution in [0.25, 0.3) is 0 Å². The number of anilines is 1. The van der Waals surface area contributed by atoms with Gasteiger partial charge < -0.3 is 20.5 Å². The Kier molecular flexibility index (Phi) is 6.62. The van der Waals surface area contributed by atoms with E-state index in [1.807, 2.05) is 38.4 Å². The summed E-state index contributed by atoms with van der Waals surface area (Å²) in [7, 11) is 3.63. The maximum Gasteiger partial charge on any atom is 0.319 e. The molecule has 0 radical (unpaired) electrons. The fraction of sp³-hybridized carbons (Fsp3) is 0.368. The lowest BCUT2D eigenvalue weighted by Gasteiger charge is -2.15. The smallest absolute Gasteiger partial charge is 0.319 e. The third-order valence-corrected chi connectivity index (χ3v) is 4.12. The number of carbonyl (C=O) groups is 2. The van der Waals surface area contributed by atoms with Crippen LogP contribution in [0.2, 0.25) is 0 Å². The van der Waals surface area contributed by atoms with Crippen LogP contribution >= 0.6 is 0 Å². The quantitative estimate of drug-likeness (QED) is 0.723. The number of hydrogen-bond donors (Lipinski definition) is 3. The van der Waals surface area contributed by atoms with Crippen LogP contribution in [-0.2, 0) is 24.7 Å². The second-order valence-electron chi connectivity index (χ2n) is 6.20. The number of nitrogens with one attached hydrogen (secondary N) is 3. The van der Waals surface area contributed by atoms with Crippen molar-refractivity contribution < 1.29 is 9.59 Å². The van der Waals surface area contributed by atoms with Gasteiger partial charge in [0.15, 0.2) is 0 Å². The number of aryl methyl sites for hydroxylation is 2. The van der Waals surface area contributed by atoms with E-state index >= 15 is 0 Å². The van der Waals surface area contributed by atoms with Gasteiger partial charge in [-0.25, -0.2) is 4.79 Å².